The number of hydrogen-bond donors (Lipinski definition) is 0. The van der Waals surface area contributed by atoms with Gasteiger partial charge in [-0.2, -0.15) is 0 Å². The topological polar surface area (TPSA) is 39.2 Å². The van der Waals surface area contributed by atoms with Crippen molar-refractivity contribution in [1.29, 1.82) is 0 Å². The number of rotatable bonds is 2. The van der Waals surface area contributed by atoms with Crippen LogP contribution in [0, 0.1) is 0 Å². The van der Waals surface area contributed by atoms with Crippen LogP contribution in [0.3, 0.4) is 0 Å². The highest BCUT2D eigenvalue weighted by Gasteiger charge is 2.18. The van der Waals surface area contributed by atoms with Crippen LogP contribution in [0.15, 0.2) is 18.3 Å². The minimum Gasteiger partial charge on any atom is -0.456 e. The lowest BCUT2D eigenvalue weighted by atomic mass is 10.1. The molecule has 0 saturated heterocycles. The molecule has 1 aromatic heterocycles. The molecule has 0 radical (unpaired) electrons. The number of aromatic nitrogens is 1. The lowest BCUT2D eigenvalue weighted by Crippen LogP contribution is -2.24. The second-order valence-electron chi connectivity index (χ2n) is 5.13. The molecule has 0 aliphatic heterocycles. The zero-order valence-electron chi connectivity index (χ0n) is 10.6. The third-order valence-electron chi connectivity index (χ3n) is 2.01. The number of carbonyl (C=O) groups excluding carboxylic acids is 1. The van der Waals surface area contributed by atoms with E-state index in [1.54, 1.807) is 12.3 Å². The second-order valence-corrected chi connectivity index (χ2v) is 5.13. The van der Waals surface area contributed by atoms with Crippen LogP contribution in [0.4, 0.5) is 0 Å². The van der Waals surface area contributed by atoms with Crippen molar-refractivity contribution in [1.82, 2.24) is 4.98 Å². The van der Waals surface area contributed by atoms with Gasteiger partial charge in [-0.3, -0.25) is 4.98 Å². The molecule has 0 saturated carbocycles. The Balaban J connectivity index is 2.78. The van der Waals surface area contributed by atoms with Crippen molar-refractivity contribution in [2.75, 3.05) is 0 Å². The molecule has 0 spiro atoms. The first kappa shape index (κ1) is 12.7. The first-order chi connectivity index (χ1) is 7.29. The van der Waals surface area contributed by atoms with Gasteiger partial charge in [0.25, 0.3) is 0 Å². The average Bonchev–Trinajstić information content (AvgIpc) is 2.15. The average molecular weight is 221 g/mol. The van der Waals surface area contributed by atoms with E-state index in [2.05, 4.69) is 18.8 Å². The van der Waals surface area contributed by atoms with Crippen LogP contribution in [0.5, 0.6) is 0 Å². The summed E-state index contributed by atoms with van der Waals surface area (Å²) in [5, 5.41) is 0. The molecule has 0 bridgehead atoms. The summed E-state index contributed by atoms with van der Waals surface area (Å²) in [6, 6.07) is 3.63. The largest absolute Gasteiger partial charge is 0.456 e. The van der Waals surface area contributed by atoms with Crippen molar-refractivity contribution >= 4 is 5.97 Å². The van der Waals surface area contributed by atoms with Gasteiger partial charge in [0.1, 0.15) is 5.60 Å². The Morgan fingerprint density at radius 1 is 1.31 bits per heavy atom. The van der Waals surface area contributed by atoms with Gasteiger partial charge in [-0.05, 0) is 38.8 Å². The maximum atomic E-state index is 11.7. The Hall–Kier alpha value is -1.38. The fourth-order valence-corrected chi connectivity index (χ4v) is 1.20. The van der Waals surface area contributed by atoms with Gasteiger partial charge in [-0.1, -0.05) is 13.8 Å². The highest BCUT2D eigenvalue weighted by atomic mass is 16.6. The van der Waals surface area contributed by atoms with Crippen LogP contribution < -0.4 is 0 Å². The van der Waals surface area contributed by atoms with Gasteiger partial charge in [-0.25, -0.2) is 4.79 Å². The molecule has 3 nitrogen and oxygen atoms in total. The summed E-state index contributed by atoms with van der Waals surface area (Å²) < 4.78 is 5.25. The van der Waals surface area contributed by atoms with Crippen LogP contribution >= 0.6 is 0 Å². The molecule has 0 aliphatic rings. The van der Waals surface area contributed by atoms with Gasteiger partial charge in [0.05, 0.1) is 5.56 Å². The van der Waals surface area contributed by atoms with E-state index in [4.69, 9.17) is 4.74 Å². The predicted molar refractivity (Wildman–Crippen MR) is 63.5 cm³/mol. The molecule has 3 heteroatoms. The van der Waals surface area contributed by atoms with E-state index in [0.29, 0.717) is 11.5 Å². The molecule has 0 N–H and O–H groups in total. The van der Waals surface area contributed by atoms with Crippen molar-refractivity contribution in [2.24, 2.45) is 0 Å². The van der Waals surface area contributed by atoms with E-state index in [1.807, 2.05) is 26.8 Å². The fourth-order valence-electron chi connectivity index (χ4n) is 1.20. The summed E-state index contributed by atoms with van der Waals surface area (Å²) >= 11 is 0. The summed E-state index contributed by atoms with van der Waals surface area (Å²) in [6.45, 7) is 9.67. The van der Waals surface area contributed by atoms with Crippen molar-refractivity contribution in [3.05, 3.63) is 29.6 Å². The maximum Gasteiger partial charge on any atom is 0.340 e. The van der Waals surface area contributed by atoms with Gasteiger partial charge in [0, 0.05) is 11.9 Å². The normalized spacial score (nSPS) is 11.6. The molecule has 16 heavy (non-hydrogen) atoms. The molecule has 88 valence electrons. The highest BCUT2D eigenvalue weighted by molar-refractivity contribution is 5.89. The van der Waals surface area contributed by atoms with Gasteiger partial charge in [0.15, 0.2) is 0 Å². The number of ether oxygens (including phenoxy) is 1. The third kappa shape index (κ3) is 3.65. The molecule has 0 atom stereocenters. The van der Waals surface area contributed by atoms with Crippen LogP contribution in [0.25, 0.3) is 0 Å². The minimum atomic E-state index is -0.464. The number of esters is 1. The molecular formula is C13H19NO2. The summed E-state index contributed by atoms with van der Waals surface area (Å²) in [6.07, 6.45) is 1.57. The van der Waals surface area contributed by atoms with Crippen LogP contribution in [0.1, 0.15) is 56.6 Å². The van der Waals surface area contributed by atoms with Gasteiger partial charge in [-0.15, -0.1) is 0 Å². The standard InChI is InChI=1S/C13H19NO2/c1-9(2)11-7-6-10(8-14-11)12(15)16-13(3,4)5/h6-9H,1-5H3. The van der Waals surface area contributed by atoms with E-state index in [-0.39, 0.29) is 5.97 Å². The number of hydrogen-bond acceptors (Lipinski definition) is 3. The minimum absolute atomic E-state index is 0.324. The van der Waals surface area contributed by atoms with Crippen molar-refractivity contribution in [3.63, 3.8) is 0 Å². The molecule has 0 fully saturated rings. The molecular weight excluding hydrogens is 202 g/mol. The van der Waals surface area contributed by atoms with Crippen molar-refractivity contribution in [3.8, 4) is 0 Å². The lowest BCUT2D eigenvalue weighted by Gasteiger charge is -2.19. The van der Waals surface area contributed by atoms with Gasteiger partial charge >= 0.3 is 5.97 Å². The van der Waals surface area contributed by atoms with Crippen LogP contribution in [-0.2, 0) is 4.74 Å². The lowest BCUT2D eigenvalue weighted by molar-refractivity contribution is 0.00690. The molecule has 0 aromatic carbocycles. The van der Waals surface area contributed by atoms with E-state index in [1.165, 1.54) is 0 Å². The Bertz CT molecular complexity index is 361. The quantitative estimate of drug-likeness (QED) is 0.720. The van der Waals surface area contributed by atoms with Crippen LogP contribution in [0.2, 0.25) is 0 Å². The second kappa shape index (κ2) is 4.64. The molecule has 0 aliphatic carbocycles. The zero-order chi connectivity index (χ0) is 12.3. The highest BCUT2D eigenvalue weighted by Crippen LogP contribution is 2.14. The van der Waals surface area contributed by atoms with Gasteiger partial charge in [0.2, 0.25) is 0 Å². The fraction of sp³-hybridized carbons (Fsp3) is 0.538. The first-order valence-electron chi connectivity index (χ1n) is 5.49. The molecule has 0 unspecified atom stereocenters. The summed E-state index contributed by atoms with van der Waals surface area (Å²) in [4.78, 5) is 15.9. The van der Waals surface area contributed by atoms with E-state index < -0.39 is 5.60 Å². The predicted octanol–water partition coefficient (Wildman–Crippen LogP) is 3.16. The van der Waals surface area contributed by atoms with Gasteiger partial charge < -0.3 is 4.74 Å². The van der Waals surface area contributed by atoms with Crippen molar-refractivity contribution in [2.45, 2.75) is 46.1 Å². The first-order valence-corrected chi connectivity index (χ1v) is 5.49. The maximum absolute atomic E-state index is 11.7. The molecule has 1 heterocycles. The van der Waals surface area contributed by atoms with E-state index in [9.17, 15) is 4.79 Å². The Labute approximate surface area is 96.8 Å². The summed E-state index contributed by atoms with van der Waals surface area (Å²) in [7, 11) is 0. The Morgan fingerprint density at radius 3 is 2.31 bits per heavy atom. The summed E-state index contributed by atoms with van der Waals surface area (Å²) in [5.74, 6) is 0.0444. The molecule has 1 aromatic rings. The summed E-state index contributed by atoms with van der Waals surface area (Å²) in [5.41, 5.74) is 1.01. The van der Waals surface area contributed by atoms with E-state index in [0.717, 1.165) is 5.69 Å². The monoisotopic (exact) mass is 221 g/mol. The third-order valence-corrected chi connectivity index (χ3v) is 2.01. The Morgan fingerprint density at radius 2 is 1.94 bits per heavy atom. The number of pyridine rings is 1. The van der Waals surface area contributed by atoms with Crippen molar-refractivity contribution < 1.29 is 9.53 Å². The SMILES string of the molecule is CC(C)c1ccc(C(=O)OC(C)(C)C)cn1. The Kier molecular flexibility index (Phi) is 3.68. The zero-order valence-corrected chi connectivity index (χ0v) is 10.6. The van der Waals surface area contributed by atoms with E-state index >= 15 is 0 Å². The molecule has 0 amide bonds. The number of carbonyl (C=O) groups is 1. The molecule has 1 rings (SSSR count). The number of nitrogens with zero attached hydrogens (tertiary/aromatic N) is 1. The van der Waals surface area contributed by atoms with Crippen LogP contribution in [-0.4, -0.2) is 16.6 Å². The smallest absolute Gasteiger partial charge is 0.340 e.